The molecule has 2 heterocycles. The number of carbonyl (C=O) groups is 1. The molecule has 0 aliphatic carbocycles. The summed E-state index contributed by atoms with van der Waals surface area (Å²) in [7, 11) is 0. The standard InChI is InChI=1S/C18H20F4N4O2/c19-17(20)14-9-15(18(21)22)26(24-14)11-16(27)23-13-3-1-2-12(8-13)10-25-4-6-28-7-5-25/h1-3,8-9,17-18H,4-7,10-11H2,(H,23,27). The van der Waals surface area contributed by atoms with E-state index in [9.17, 15) is 22.4 Å². The Kier molecular flexibility index (Phi) is 6.63. The maximum Gasteiger partial charge on any atom is 0.282 e. The van der Waals surface area contributed by atoms with E-state index in [1.807, 2.05) is 6.07 Å². The summed E-state index contributed by atoms with van der Waals surface area (Å²) in [4.78, 5) is 14.4. The van der Waals surface area contributed by atoms with Gasteiger partial charge in [-0.3, -0.25) is 14.4 Å². The Hall–Kier alpha value is -2.46. The van der Waals surface area contributed by atoms with Crippen molar-refractivity contribution in [3.63, 3.8) is 0 Å². The van der Waals surface area contributed by atoms with Crippen molar-refractivity contribution in [1.82, 2.24) is 14.7 Å². The molecule has 0 radical (unpaired) electrons. The van der Waals surface area contributed by atoms with Crippen LogP contribution < -0.4 is 5.32 Å². The van der Waals surface area contributed by atoms with Crippen LogP contribution in [-0.4, -0.2) is 46.9 Å². The summed E-state index contributed by atoms with van der Waals surface area (Å²) in [6, 6.07) is 7.77. The molecule has 1 aromatic carbocycles. The van der Waals surface area contributed by atoms with Gasteiger partial charge in [0.15, 0.2) is 0 Å². The summed E-state index contributed by atoms with van der Waals surface area (Å²) < 4.78 is 57.4. The van der Waals surface area contributed by atoms with Crippen LogP contribution in [0.15, 0.2) is 30.3 Å². The number of halogens is 4. The molecule has 0 atom stereocenters. The first kappa shape index (κ1) is 20.3. The van der Waals surface area contributed by atoms with Crippen LogP contribution in [0, 0.1) is 0 Å². The van der Waals surface area contributed by atoms with Gasteiger partial charge in [-0.1, -0.05) is 12.1 Å². The third-order valence-electron chi connectivity index (χ3n) is 4.29. The number of anilines is 1. The molecule has 1 N–H and O–H groups in total. The minimum absolute atomic E-state index is 0.496. The lowest BCUT2D eigenvalue weighted by molar-refractivity contribution is -0.117. The smallest absolute Gasteiger partial charge is 0.282 e. The van der Waals surface area contributed by atoms with E-state index in [-0.39, 0.29) is 0 Å². The van der Waals surface area contributed by atoms with Crippen LogP contribution in [0.4, 0.5) is 23.2 Å². The summed E-state index contributed by atoms with van der Waals surface area (Å²) in [5, 5.41) is 6.01. The first-order valence-electron chi connectivity index (χ1n) is 8.75. The third-order valence-corrected chi connectivity index (χ3v) is 4.29. The number of benzene rings is 1. The van der Waals surface area contributed by atoms with E-state index >= 15 is 0 Å². The average Bonchev–Trinajstić information content (AvgIpc) is 3.07. The minimum Gasteiger partial charge on any atom is -0.379 e. The van der Waals surface area contributed by atoms with Gasteiger partial charge in [-0.15, -0.1) is 0 Å². The second-order valence-electron chi connectivity index (χ2n) is 6.39. The van der Waals surface area contributed by atoms with Crippen molar-refractivity contribution in [2.75, 3.05) is 31.6 Å². The lowest BCUT2D eigenvalue weighted by atomic mass is 10.2. The molecule has 1 fully saturated rings. The number of hydrogen-bond donors (Lipinski definition) is 1. The second kappa shape index (κ2) is 9.16. The van der Waals surface area contributed by atoms with Gasteiger partial charge >= 0.3 is 0 Å². The third kappa shape index (κ3) is 5.29. The van der Waals surface area contributed by atoms with Crippen LogP contribution in [0.5, 0.6) is 0 Å². The summed E-state index contributed by atoms with van der Waals surface area (Å²) in [6.07, 6.45) is -6.00. The van der Waals surface area contributed by atoms with Gasteiger partial charge < -0.3 is 10.1 Å². The van der Waals surface area contributed by atoms with Gasteiger partial charge in [0.2, 0.25) is 5.91 Å². The van der Waals surface area contributed by atoms with Crippen molar-refractivity contribution in [2.24, 2.45) is 0 Å². The molecule has 152 valence electrons. The molecule has 28 heavy (non-hydrogen) atoms. The molecule has 2 aromatic rings. The normalized spacial score (nSPS) is 15.4. The molecule has 1 aliphatic rings. The van der Waals surface area contributed by atoms with Crippen LogP contribution in [0.25, 0.3) is 0 Å². The lowest BCUT2D eigenvalue weighted by Gasteiger charge is -2.26. The van der Waals surface area contributed by atoms with Crippen LogP contribution in [0.2, 0.25) is 0 Å². The number of rotatable bonds is 7. The Morgan fingerprint density at radius 1 is 1.14 bits per heavy atom. The number of hydrogen-bond acceptors (Lipinski definition) is 4. The lowest BCUT2D eigenvalue weighted by Crippen LogP contribution is -2.35. The van der Waals surface area contributed by atoms with Gasteiger partial charge in [0.25, 0.3) is 12.9 Å². The molecule has 0 saturated carbocycles. The van der Waals surface area contributed by atoms with E-state index in [0.29, 0.717) is 36.2 Å². The molecule has 1 saturated heterocycles. The van der Waals surface area contributed by atoms with Crippen LogP contribution in [-0.2, 0) is 22.6 Å². The molecule has 3 rings (SSSR count). The fourth-order valence-corrected chi connectivity index (χ4v) is 2.96. The molecule has 1 amide bonds. The number of morpholine rings is 1. The molecular weight excluding hydrogens is 380 g/mol. The Labute approximate surface area is 159 Å². The molecule has 6 nitrogen and oxygen atoms in total. The molecular formula is C18H20F4N4O2. The molecule has 0 unspecified atom stereocenters. The summed E-state index contributed by atoms with van der Waals surface area (Å²) >= 11 is 0. The van der Waals surface area contributed by atoms with Gasteiger partial charge in [0.05, 0.1) is 13.2 Å². The quantitative estimate of drug-likeness (QED) is 0.725. The number of ether oxygens (including phenoxy) is 1. The molecule has 10 heteroatoms. The number of aromatic nitrogens is 2. The maximum absolute atomic E-state index is 13.0. The molecule has 1 aliphatic heterocycles. The highest BCUT2D eigenvalue weighted by Gasteiger charge is 2.22. The highest BCUT2D eigenvalue weighted by Crippen LogP contribution is 2.25. The average molecular weight is 400 g/mol. The van der Waals surface area contributed by atoms with E-state index < -0.39 is 36.7 Å². The highest BCUT2D eigenvalue weighted by molar-refractivity contribution is 5.90. The molecule has 0 bridgehead atoms. The zero-order valence-electron chi connectivity index (χ0n) is 15.0. The van der Waals surface area contributed by atoms with Gasteiger partial charge in [0.1, 0.15) is 17.9 Å². The van der Waals surface area contributed by atoms with E-state index in [1.54, 1.807) is 18.2 Å². The summed E-state index contributed by atoms with van der Waals surface area (Å²) in [5.74, 6) is -0.630. The monoisotopic (exact) mass is 400 g/mol. The number of nitrogens with one attached hydrogen (secondary N) is 1. The Bertz CT molecular complexity index is 807. The van der Waals surface area contributed by atoms with Crippen molar-refractivity contribution in [2.45, 2.75) is 25.9 Å². The first-order valence-corrected chi connectivity index (χ1v) is 8.75. The number of nitrogens with zero attached hydrogens (tertiary/aromatic N) is 3. The maximum atomic E-state index is 13.0. The second-order valence-corrected chi connectivity index (χ2v) is 6.39. The number of carbonyl (C=O) groups excluding carboxylic acids is 1. The van der Waals surface area contributed by atoms with Crippen molar-refractivity contribution >= 4 is 11.6 Å². The number of amides is 1. The van der Waals surface area contributed by atoms with Crippen LogP contribution in [0.3, 0.4) is 0 Å². The number of alkyl halides is 4. The topological polar surface area (TPSA) is 59.4 Å². The van der Waals surface area contributed by atoms with Crippen LogP contribution in [0.1, 0.15) is 29.8 Å². The van der Waals surface area contributed by atoms with Crippen molar-refractivity contribution in [3.05, 3.63) is 47.3 Å². The van der Waals surface area contributed by atoms with Crippen molar-refractivity contribution in [1.29, 1.82) is 0 Å². The first-order chi connectivity index (χ1) is 13.4. The van der Waals surface area contributed by atoms with Gasteiger partial charge in [-0.25, -0.2) is 17.6 Å². The molecule has 0 spiro atoms. The van der Waals surface area contributed by atoms with Gasteiger partial charge in [0, 0.05) is 25.3 Å². The minimum atomic E-state index is -3.01. The summed E-state index contributed by atoms with van der Waals surface area (Å²) in [6.45, 7) is 3.10. The van der Waals surface area contributed by atoms with E-state index in [1.165, 1.54) is 0 Å². The van der Waals surface area contributed by atoms with Crippen LogP contribution >= 0.6 is 0 Å². The zero-order chi connectivity index (χ0) is 20.1. The largest absolute Gasteiger partial charge is 0.379 e. The van der Waals surface area contributed by atoms with Gasteiger partial charge in [-0.2, -0.15) is 5.10 Å². The van der Waals surface area contributed by atoms with Crippen molar-refractivity contribution < 1.29 is 27.1 Å². The zero-order valence-corrected chi connectivity index (χ0v) is 15.0. The van der Waals surface area contributed by atoms with E-state index in [0.717, 1.165) is 18.7 Å². The highest BCUT2D eigenvalue weighted by atomic mass is 19.3. The van der Waals surface area contributed by atoms with Gasteiger partial charge in [-0.05, 0) is 23.8 Å². The van der Waals surface area contributed by atoms with E-state index in [4.69, 9.17) is 4.74 Å². The Morgan fingerprint density at radius 2 is 1.89 bits per heavy atom. The predicted octanol–water partition coefficient (Wildman–Crippen LogP) is 3.23. The van der Waals surface area contributed by atoms with E-state index in [2.05, 4.69) is 15.3 Å². The molecule has 1 aromatic heterocycles. The summed E-state index contributed by atoms with van der Waals surface area (Å²) in [5.41, 5.74) is -0.0234. The SMILES string of the molecule is O=C(Cn1nc(C(F)F)cc1C(F)F)Nc1cccc(CN2CCOCC2)c1. The van der Waals surface area contributed by atoms with Crippen molar-refractivity contribution in [3.8, 4) is 0 Å². The Morgan fingerprint density at radius 3 is 2.57 bits per heavy atom. The fourth-order valence-electron chi connectivity index (χ4n) is 2.96. The Balaban J connectivity index is 1.64. The fraction of sp³-hybridized carbons (Fsp3) is 0.444. The predicted molar refractivity (Wildman–Crippen MR) is 93.3 cm³/mol.